The maximum Gasteiger partial charge on any atom is 0.435 e. The summed E-state index contributed by atoms with van der Waals surface area (Å²) in [4.78, 5) is 3.99. The first-order valence-corrected chi connectivity index (χ1v) is 6.92. The molecule has 1 aromatic heterocycles. The van der Waals surface area contributed by atoms with Crippen LogP contribution in [0, 0.1) is 0 Å². The van der Waals surface area contributed by atoms with Crippen molar-refractivity contribution in [1.82, 2.24) is 20.4 Å². The predicted molar refractivity (Wildman–Crippen MR) is 91.4 cm³/mol. The summed E-state index contributed by atoms with van der Waals surface area (Å²) >= 11 is 0. The Balaban J connectivity index is 0.00000441. The van der Waals surface area contributed by atoms with Crippen LogP contribution in [0.15, 0.2) is 11.2 Å². The standard InChI is InChI=1S/C13H22F3N5.HI/c1-4-5-6-7-18-12(17-2)19-8-10-9-21(3)20-11(10)13(14,15)16;/h9H,4-8H2,1-3H3,(H2,17,18,19);1H. The molecule has 2 N–H and O–H groups in total. The first-order chi connectivity index (χ1) is 9.88. The number of aromatic nitrogens is 2. The van der Waals surface area contributed by atoms with E-state index in [4.69, 9.17) is 0 Å². The monoisotopic (exact) mass is 433 g/mol. The molecule has 0 aromatic carbocycles. The minimum absolute atomic E-state index is 0. The zero-order chi connectivity index (χ0) is 15.9. The molecule has 128 valence electrons. The third-order valence-electron chi connectivity index (χ3n) is 2.92. The number of nitrogens with one attached hydrogen (secondary N) is 2. The number of alkyl halides is 3. The molecule has 1 rings (SSSR count). The van der Waals surface area contributed by atoms with Gasteiger partial charge in [-0.1, -0.05) is 19.8 Å². The fourth-order valence-electron chi connectivity index (χ4n) is 1.89. The van der Waals surface area contributed by atoms with E-state index in [-0.39, 0.29) is 36.1 Å². The Hall–Kier alpha value is -1.00. The second-order valence-electron chi connectivity index (χ2n) is 4.73. The highest BCUT2D eigenvalue weighted by molar-refractivity contribution is 14.0. The lowest BCUT2D eigenvalue weighted by molar-refractivity contribution is -0.142. The van der Waals surface area contributed by atoms with Crippen molar-refractivity contribution in [1.29, 1.82) is 0 Å². The normalized spacial score (nSPS) is 12.0. The Morgan fingerprint density at radius 1 is 1.32 bits per heavy atom. The van der Waals surface area contributed by atoms with E-state index in [1.54, 1.807) is 7.05 Å². The lowest BCUT2D eigenvalue weighted by Gasteiger charge is -2.12. The molecule has 0 saturated carbocycles. The third kappa shape index (κ3) is 6.84. The lowest BCUT2D eigenvalue weighted by Crippen LogP contribution is -2.37. The second kappa shape index (κ2) is 9.90. The number of aliphatic imine (C=N–C) groups is 1. The average Bonchev–Trinajstić information content (AvgIpc) is 2.79. The molecule has 0 bridgehead atoms. The van der Waals surface area contributed by atoms with Crippen molar-refractivity contribution < 1.29 is 13.2 Å². The van der Waals surface area contributed by atoms with Gasteiger partial charge in [0.25, 0.3) is 0 Å². The number of unbranched alkanes of at least 4 members (excludes halogenated alkanes) is 2. The first-order valence-electron chi connectivity index (χ1n) is 6.92. The van der Waals surface area contributed by atoms with E-state index in [9.17, 15) is 13.2 Å². The van der Waals surface area contributed by atoms with Crippen LogP contribution in [-0.4, -0.2) is 29.3 Å². The Morgan fingerprint density at radius 2 is 2.00 bits per heavy atom. The third-order valence-corrected chi connectivity index (χ3v) is 2.92. The van der Waals surface area contributed by atoms with Gasteiger partial charge in [-0.05, 0) is 6.42 Å². The van der Waals surface area contributed by atoms with Gasteiger partial charge in [-0.15, -0.1) is 24.0 Å². The van der Waals surface area contributed by atoms with Crippen LogP contribution in [0.1, 0.15) is 37.4 Å². The van der Waals surface area contributed by atoms with Gasteiger partial charge in [0.15, 0.2) is 11.7 Å². The molecular weight excluding hydrogens is 410 g/mol. The number of rotatable bonds is 6. The van der Waals surface area contributed by atoms with Gasteiger partial charge in [0.1, 0.15) is 0 Å². The summed E-state index contributed by atoms with van der Waals surface area (Å²) in [6, 6.07) is 0. The molecular formula is C13H23F3IN5. The lowest BCUT2D eigenvalue weighted by atomic mass is 10.2. The van der Waals surface area contributed by atoms with Crippen LogP contribution in [0.3, 0.4) is 0 Å². The highest BCUT2D eigenvalue weighted by Crippen LogP contribution is 2.30. The molecule has 0 spiro atoms. The summed E-state index contributed by atoms with van der Waals surface area (Å²) in [6.07, 6.45) is 0.123. The largest absolute Gasteiger partial charge is 0.435 e. The van der Waals surface area contributed by atoms with Crippen LogP contribution in [-0.2, 0) is 19.8 Å². The zero-order valence-corrected chi connectivity index (χ0v) is 15.3. The summed E-state index contributed by atoms with van der Waals surface area (Å²) in [5.41, 5.74) is -0.763. The molecule has 1 aromatic rings. The minimum atomic E-state index is -4.45. The van der Waals surface area contributed by atoms with Crippen molar-refractivity contribution >= 4 is 29.9 Å². The Morgan fingerprint density at radius 3 is 2.55 bits per heavy atom. The molecule has 0 fully saturated rings. The van der Waals surface area contributed by atoms with Gasteiger partial charge in [0, 0.05) is 38.9 Å². The molecule has 0 aliphatic carbocycles. The average molecular weight is 433 g/mol. The summed E-state index contributed by atoms with van der Waals surface area (Å²) in [7, 11) is 3.06. The SMILES string of the molecule is CCCCCNC(=NC)NCc1cn(C)nc1C(F)(F)F.I. The molecule has 0 aliphatic rings. The van der Waals surface area contributed by atoms with Crippen LogP contribution in [0.4, 0.5) is 13.2 Å². The predicted octanol–water partition coefficient (Wildman–Crippen LogP) is 2.91. The van der Waals surface area contributed by atoms with Crippen molar-refractivity contribution in [2.75, 3.05) is 13.6 Å². The molecule has 0 amide bonds. The van der Waals surface area contributed by atoms with Gasteiger partial charge < -0.3 is 10.6 Å². The van der Waals surface area contributed by atoms with Crippen molar-refractivity contribution in [3.05, 3.63) is 17.5 Å². The first kappa shape index (κ1) is 21.0. The Labute approximate surface area is 145 Å². The molecule has 1 heterocycles. The summed E-state index contributed by atoms with van der Waals surface area (Å²) < 4.78 is 39.6. The van der Waals surface area contributed by atoms with Gasteiger partial charge in [0.05, 0.1) is 0 Å². The van der Waals surface area contributed by atoms with E-state index < -0.39 is 11.9 Å². The summed E-state index contributed by atoms with van der Waals surface area (Å²) in [6.45, 7) is 2.87. The highest BCUT2D eigenvalue weighted by atomic mass is 127. The van der Waals surface area contributed by atoms with Gasteiger partial charge in [0.2, 0.25) is 0 Å². The molecule has 0 unspecified atom stereocenters. The number of hydrogen-bond donors (Lipinski definition) is 2. The molecule has 9 heteroatoms. The minimum Gasteiger partial charge on any atom is -0.356 e. The molecule has 22 heavy (non-hydrogen) atoms. The van der Waals surface area contributed by atoms with Gasteiger partial charge >= 0.3 is 6.18 Å². The fraction of sp³-hybridized carbons (Fsp3) is 0.692. The van der Waals surface area contributed by atoms with Crippen LogP contribution in [0.5, 0.6) is 0 Å². The molecule has 0 atom stereocenters. The van der Waals surface area contributed by atoms with Crippen molar-refractivity contribution in [3.8, 4) is 0 Å². The van der Waals surface area contributed by atoms with Crippen LogP contribution >= 0.6 is 24.0 Å². The smallest absolute Gasteiger partial charge is 0.356 e. The Bertz CT molecular complexity index is 471. The van der Waals surface area contributed by atoms with E-state index in [0.717, 1.165) is 30.5 Å². The maximum atomic E-state index is 12.8. The maximum absolute atomic E-state index is 12.8. The topological polar surface area (TPSA) is 54.2 Å². The molecule has 5 nitrogen and oxygen atoms in total. The van der Waals surface area contributed by atoms with E-state index >= 15 is 0 Å². The van der Waals surface area contributed by atoms with Gasteiger partial charge in [-0.2, -0.15) is 18.3 Å². The summed E-state index contributed by atoms with van der Waals surface area (Å²) in [5.74, 6) is 0.489. The van der Waals surface area contributed by atoms with E-state index in [0.29, 0.717) is 5.96 Å². The van der Waals surface area contributed by atoms with Crippen LogP contribution in [0.2, 0.25) is 0 Å². The number of hydrogen-bond acceptors (Lipinski definition) is 2. The molecule has 0 aliphatic heterocycles. The van der Waals surface area contributed by atoms with E-state index in [1.165, 1.54) is 13.2 Å². The fourth-order valence-corrected chi connectivity index (χ4v) is 1.89. The number of nitrogens with zero attached hydrogens (tertiary/aromatic N) is 3. The van der Waals surface area contributed by atoms with Gasteiger partial charge in [-0.3, -0.25) is 9.67 Å². The Kier molecular flexibility index (Phi) is 9.45. The number of guanidine groups is 1. The quantitative estimate of drug-likeness (QED) is 0.314. The van der Waals surface area contributed by atoms with Crippen molar-refractivity contribution in [3.63, 3.8) is 0 Å². The second-order valence-corrected chi connectivity index (χ2v) is 4.73. The van der Waals surface area contributed by atoms with Crippen molar-refractivity contribution in [2.24, 2.45) is 12.0 Å². The van der Waals surface area contributed by atoms with Crippen molar-refractivity contribution in [2.45, 2.75) is 38.9 Å². The number of aryl methyl sites for hydroxylation is 1. The number of halogens is 4. The zero-order valence-electron chi connectivity index (χ0n) is 13.0. The summed E-state index contributed by atoms with van der Waals surface area (Å²) in [5, 5.41) is 9.41. The van der Waals surface area contributed by atoms with Gasteiger partial charge in [-0.25, -0.2) is 0 Å². The van der Waals surface area contributed by atoms with E-state index in [2.05, 4.69) is 27.6 Å². The highest BCUT2D eigenvalue weighted by Gasteiger charge is 2.36. The van der Waals surface area contributed by atoms with Crippen LogP contribution in [0.25, 0.3) is 0 Å². The molecule has 0 saturated heterocycles. The van der Waals surface area contributed by atoms with E-state index in [1.807, 2.05) is 0 Å². The van der Waals surface area contributed by atoms with Crippen LogP contribution < -0.4 is 10.6 Å². The molecule has 0 radical (unpaired) electrons.